The van der Waals surface area contributed by atoms with Crippen molar-refractivity contribution >= 4 is 17.9 Å². The van der Waals surface area contributed by atoms with Crippen LogP contribution in [0.25, 0.3) is 0 Å². The van der Waals surface area contributed by atoms with Crippen LogP contribution < -0.4 is 4.74 Å². The Morgan fingerprint density at radius 3 is 2.28 bits per heavy atom. The maximum atomic E-state index is 12.4. The molecular formula is C19H16O6. The molecule has 0 radical (unpaired) electrons. The summed E-state index contributed by atoms with van der Waals surface area (Å²) in [5.41, 5.74) is 0.919. The van der Waals surface area contributed by atoms with Crippen LogP contribution in [0.2, 0.25) is 0 Å². The molecule has 6 heteroatoms. The largest absolute Gasteiger partial charge is 0.513 e. The van der Waals surface area contributed by atoms with Gasteiger partial charge in [-0.25, -0.2) is 9.59 Å². The lowest BCUT2D eigenvalue weighted by Crippen LogP contribution is -2.16. The van der Waals surface area contributed by atoms with E-state index in [0.29, 0.717) is 11.1 Å². The summed E-state index contributed by atoms with van der Waals surface area (Å²) in [4.78, 5) is 34.8. The summed E-state index contributed by atoms with van der Waals surface area (Å²) in [7, 11) is 0. The van der Waals surface area contributed by atoms with Gasteiger partial charge < -0.3 is 14.2 Å². The van der Waals surface area contributed by atoms with Crippen LogP contribution >= 0.6 is 0 Å². The third kappa shape index (κ3) is 5.62. The van der Waals surface area contributed by atoms with E-state index in [1.807, 2.05) is 6.07 Å². The number of ether oxygens (including phenoxy) is 3. The Bertz CT molecular complexity index is 766. The van der Waals surface area contributed by atoms with Crippen molar-refractivity contribution in [3.8, 4) is 5.75 Å². The minimum Gasteiger partial charge on any atom is -0.459 e. The highest BCUT2D eigenvalue weighted by molar-refractivity contribution is 6.09. The normalized spacial score (nSPS) is 9.76. The maximum Gasteiger partial charge on any atom is 0.513 e. The summed E-state index contributed by atoms with van der Waals surface area (Å²) in [5.74, 6) is -0.616. The summed E-state index contributed by atoms with van der Waals surface area (Å²) < 4.78 is 14.4. The van der Waals surface area contributed by atoms with Crippen molar-refractivity contribution in [2.45, 2.75) is 0 Å². The molecule has 0 saturated carbocycles. The van der Waals surface area contributed by atoms with Crippen LogP contribution in [0.4, 0.5) is 4.79 Å². The molecule has 25 heavy (non-hydrogen) atoms. The molecule has 2 aromatic carbocycles. The Morgan fingerprint density at radius 1 is 0.880 bits per heavy atom. The van der Waals surface area contributed by atoms with E-state index in [1.165, 1.54) is 12.1 Å². The Morgan fingerprint density at radius 2 is 1.56 bits per heavy atom. The van der Waals surface area contributed by atoms with E-state index in [2.05, 4.69) is 11.3 Å². The van der Waals surface area contributed by atoms with Gasteiger partial charge in [0.15, 0.2) is 5.78 Å². The van der Waals surface area contributed by atoms with Gasteiger partial charge in [-0.05, 0) is 12.1 Å². The molecule has 0 bridgehead atoms. The molecule has 0 amide bonds. The van der Waals surface area contributed by atoms with Gasteiger partial charge in [-0.2, -0.15) is 0 Å². The Kier molecular flexibility index (Phi) is 6.47. The van der Waals surface area contributed by atoms with Crippen molar-refractivity contribution in [1.29, 1.82) is 0 Å². The zero-order chi connectivity index (χ0) is 18.1. The van der Waals surface area contributed by atoms with E-state index < -0.39 is 12.1 Å². The van der Waals surface area contributed by atoms with Crippen LogP contribution in [0, 0.1) is 0 Å². The van der Waals surface area contributed by atoms with Gasteiger partial charge >= 0.3 is 12.1 Å². The van der Waals surface area contributed by atoms with Gasteiger partial charge in [0.1, 0.15) is 19.0 Å². The number of benzene rings is 2. The molecule has 2 aromatic rings. The van der Waals surface area contributed by atoms with E-state index in [4.69, 9.17) is 9.47 Å². The molecule has 6 nitrogen and oxygen atoms in total. The first-order chi connectivity index (χ1) is 12.1. The van der Waals surface area contributed by atoms with E-state index in [0.717, 1.165) is 6.08 Å². The molecule has 0 spiro atoms. The fraction of sp³-hybridized carbons (Fsp3) is 0.105. The van der Waals surface area contributed by atoms with Gasteiger partial charge in [-0.1, -0.05) is 49.0 Å². The van der Waals surface area contributed by atoms with Gasteiger partial charge in [0, 0.05) is 17.2 Å². The summed E-state index contributed by atoms with van der Waals surface area (Å²) in [5, 5.41) is 0. The molecule has 0 atom stereocenters. The second-order valence-corrected chi connectivity index (χ2v) is 4.80. The third-order valence-electron chi connectivity index (χ3n) is 3.05. The van der Waals surface area contributed by atoms with Crippen LogP contribution in [-0.4, -0.2) is 31.1 Å². The molecular weight excluding hydrogens is 324 g/mol. The summed E-state index contributed by atoms with van der Waals surface area (Å²) in [6.07, 6.45) is 0.0482. The topological polar surface area (TPSA) is 78.9 Å². The molecule has 128 valence electrons. The fourth-order valence-electron chi connectivity index (χ4n) is 1.91. The zero-order valence-electron chi connectivity index (χ0n) is 13.3. The molecule has 2 rings (SSSR count). The monoisotopic (exact) mass is 340 g/mol. The molecule has 0 aliphatic rings. The van der Waals surface area contributed by atoms with Crippen LogP contribution in [0.3, 0.4) is 0 Å². The first kappa shape index (κ1) is 17.9. The first-order valence-electron chi connectivity index (χ1n) is 7.44. The molecule has 0 saturated heterocycles. The lowest BCUT2D eigenvalue weighted by Gasteiger charge is -2.07. The number of carbonyl (C=O) groups is 3. The van der Waals surface area contributed by atoms with Crippen LogP contribution in [0.5, 0.6) is 5.75 Å². The summed E-state index contributed by atoms with van der Waals surface area (Å²) >= 11 is 0. The van der Waals surface area contributed by atoms with Gasteiger partial charge in [0.05, 0.1) is 0 Å². The fourth-order valence-corrected chi connectivity index (χ4v) is 1.91. The van der Waals surface area contributed by atoms with Crippen LogP contribution in [-0.2, 0) is 14.3 Å². The highest BCUT2D eigenvalue weighted by atomic mass is 16.7. The van der Waals surface area contributed by atoms with Crippen LogP contribution in [0.15, 0.2) is 67.3 Å². The van der Waals surface area contributed by atoms with Crippen molar-refractivity contribution in [2.75, 3.05) is 13.2 Å². The first-order valence-corrected chi connectivity index (χ1v) is 7.44. The van der Waals surface area contributed by atoms with Crippen molar-refractivity contribution in [1.82, 2.24) is 0 Å². The highest BCUT2D eigenvalue weighted by Crippen LogP contribution is 2.17. The molecule has 0 N–H and O–H groups in total. The highest BCUT2D eigenvalue weighted by Gasteiger charge is 2.12. The second-order valence-electron chi connectivity index (χ2n) is 4.80. The predicted octanol–water partition coefficient (Wildman–Crippen LogP) is 3.16. The van der Waals surface area contributed by atoms with Crippen LogP contribution in [0.1, 0.15) is 15.9 Å². The molecule has 0 fully saturated rings. The lowest BCUT2D eigenvalue weighted by molar-refractivity contribution is -0.138. The molecule has 0 unspecified atom stereocenters. The predicted molar refractivity (Wildman–Crippen MR) is 89.4 cm³/mol. The van der Waals surface area contributed by atoms with Gasteiger partial charge in [0.25, 0.3) is 0 Å². The Balaban J connectivity index is 1.90. The molecule has 0 aromatic heterocycles. The lowest BCUT2D eigenvalue weighted by atomic mass is 10.0. The molecule has 0 aliphatic carbocycles. The van der Waals surface area contributed by atoms with E-state index in [1.54, 1.807) is 36.4 Å². The number of hydrogen-bond acceptors (Lipinski definition) is 6. The van der Waals surface area contributed by atoms with Gasteiger partial charge in [-0.3, -0.25) is 4.79 Å². The zero-order valence-corrected chi connectivity index (χ0v) is 13.3. The average Bonchev–Trinajstić information content (AvgIpc) is 2.65. The number of ketones is 1. The number of esters is 1. The minimum absolute atomic E-state index is 0.105. The number of rotatable bonds is 7. The Hall–Kier alpha value is -3.41. The van der Waals surface area contributed by atoms with E-state index in [9.17, 15) is 14.4 Å². The van der Waals surface area contributed by atoms with Gasteiger partial charge in [0.2, 0.25) is 0 Å². The molecule has 0 heterocycles. The van der Waals surface area contributed by atoms with E-state index in [-0.39, 0.29) is 24.7 Å². The quantitative estimate of drug-likeness (QED) is 0.253. The van der Waals surface area contributed by atoms with Crippen molar-refractivity contribution in [3.05, 3.63) is 78.4 Å². The van der Waals surface area contributed by atoms with Crippen molar-refractivity contribution < 1.29 is 28.6 Å². The maximum absolute atomic E-state index is 12.4. The van der Waals surface area contributed by atoms with E-state index >= 15 is 0 Å². The molecule has 0 aliphatic heterocycles. The average molecular weight is 340 g/mol. The second kappa shape index (κ2) is 9.02. The Labute approximate surface area is 144 Å². The van der Waals surface area contributed by atoms with Gasteiger partial charge in [-0.15, -0.1) is 0 Å². The third-order valence-corrected chi connectivity index (χ3v) is 3.05. The smallest absolute Gasteiger partial charge is 0.459 e. The standard InChI is InChI=1S/C19H16O6/c1-2-17(20)23-11-12-24-19(22)25-16-10-6-9-15(13-16)18(21)14-7-4-3-5-8-14/h2-10,13H,1,11-12H2. The van der Waals surface area contributed by atoms with Crippen molar-refractivity contribution in [3.63, 3.8) is 0 Å². The summed E-state index contributed by atoms with van der Waals surface area (Å²) in [6, 6.07) is 15.0. The number of carbonyl (C=O) groups excluding carboxylic acids is 3. The van der Waals surface area contributed by atoms with Crippen molar-refractivity contribution in [2.24, 2.45) is 0 Å². The summed E-state index contributed by atoms with van der Waals surface area (Å²) in [6.45, 7) is 2.98. The minimum atomic E-state index is -0.959. The number of hydrogen-bond donors (Lipinski definition) is 0. The SMILES string of the molecule is C=CC(=O)OCCOC(=O)Oc1cccc(C(=O)c2ccccc2)c1.